The molecule has 4 rings (SSSR count). The fraction of sp³-hybridized carbons (Fsp3) is 0.292. The number of pyridine rings is 2. The van der Waals surface area contributed by atoms with Gasteiger partial charge >= 0.3 is 6.03 Å². The molecule has 0 spiro atoms. The molecular weight excluding hydrogens is 496 g/mol. The molecule has 0 saturated carbocycles. The highest BCUT2D eigenvalue weighted by Crippen LogP contribution is 2.37. The van der Waals surface area contributed by atoms with Crippen LogP contribution in [0.5, 0.6) is 0 Å². The van der Waals surface area contributed by atoms with Crippen LogP contribution < -0.4 is 16.0 Å². The predicted molar refractivity (Wildman–Crippen MR) is 138 cm³/mol. The molecule has 4 aromatic rings. The molecule has 192 valence electrons. The average molecular weight is 523 g/mol. The van der Waals surface area contributed by atoms with Gasteiger partial charge in [-0.2, -0.15) is 0 Å². The first-order chi connectivity index (χ1) is 17.9. The van der Waals surface area contributed by atoms with Gasteiger partial charge in [-0.1, -0.05) is 0 Å². The van der Waals surface area contributed by atoms with Crippen molar-refractivity contribution in [1.82, 2.24) is 35.8 Å². The molecule has 0 aliphatic heterocycles. The Hall–Kier alpha value is -4.23. The zero-order chi connectivity index (χ0) is 26.4. The number of anilines is 1. The fourth-order valence-electron chi connectivity index (χ4n) is 3.44. The molecule has 3 N–H and O–H groups in total. The minimum absolute atomic E-state index is 0.231. The van der Waals surface area contributed by atoms with E-state index in [9.17, 15) is 9.59 Å². The molecule has 0 atom stereocenters. The average Bonchev–Trinajstić information content (AvgIpc) is 3.50. The minimum atomic E-state index is -0.377. The van der Waals surface area contributed by atoms with Crippen LogP contribution in [0.3, 0.4) is 0 Å². The van der Waals surface area contributed by atoms with Crippen LogP contribution in [-0.4, -0.2) is 63.9 Å². The summed E-state index contributed by atoms with van der Waals surface area (Å²) in [5, 5.41) is 16.8. The zero-order valence-corrected chi connectivity index (χ0v) is 21.6. The predicted octanol–water partition coefficient (Wildman–Crippen LogP) is 3.45. The highest BCUT2D eigenvalue weighted by Gasteiger charge is 2.20. The number of carbonyl (C=O) groups is 2. The number of methoxy groups -OCH3 is 1. The first-order valence-electron chi connectivity index (χ1n) is 11.4. The van der Waals surface area contributed by atoms with Crippen LogP contribution in [0.1, 0.15) is 28.2 Å². The maximum atomic E-state index is 12.7. The lowest BCUT2D eigenvalue weighted by Crippen LogP contribution is -2.28. The lowest BCUT2D eigenvalue weighted by molar-refractivity contribution is 0.0940. The van der Waals surface area contributed by atoms with Crippen molar-refractivity contribution < 1.29 is 18.7 Å². The highest BCUT2D eigenvalue weighted by atomic mass is 32.1. The first kappa shape index (κ1) is 25.9. The molecule has 4 aromatic heterocycles. The van der Waals surface area contributed by atoms with Crippen molar-refractivity contribution >= 4 is 29.1 Å². The number of amides is 3. The van der Waals surface area contributed by atoms with E-state index in [2.05, 4.69) is 41.1 Å². The number of aromatic nitrogens is 5. The molecule has 0 aromatic carbocycles. The summed E-state index contributed by atoms with van der Waals surface area (Å²) in [7, 11) is 1.57. The Bertz CT molecular complexity index is 1420. The second-order valence-electron chi connectivity index (χ2n) is 7.87. The van der Waals surface area contributed by atoms with Gasteiger partial charge in [-0.3, -0.25) is 15.1 Å². The van der Waals surface area contributed by atoms with Gasteiger partial charge in [0.05, 0.1) is 17.9 Å². The third-order valence-electron chi connectivity index (χ3n) is 5.13. The van der Waals surface area contributed by atoms with Crippen LogP contribution >= 0.6 is 11.3 Å². The van der Waals surface area contributed by atoms with E-state index in [-0.39, 0.29) is 11.9 Å². The molecular formula is C24H26N8O4S. The zero-order valence-electron chi connectivity index (χ0n) is 20.8. The van der Waals surface area contributed by atoms with Gasteiger partial charge in [0.2, 0.25) is 11.8 Å². The van der Waals surface area contributed by atoms with Crippen molar-refractivity contribution in [3.63, 3.8) is 0 Å². The Morgan fingerprint density at radius 1 is 1.05 bits per heavy atom. The van der Waals surface area contributed by atoms with Crippen molar-refractivity contribution in [2.24, 2.45) is 0 Å². The Labute approximate surface area is 216 Å². The van der Waals surface area contributed by atoms with E-state index in [4.69, 9.17) is 9.15 Å². The summed E-state index contributed by atoms with van der Waals surface area (Å²) in [6.07, 6.45) is 4.94. The molecule has 0 aliphatic rings. The fourth-order valence-corrected chi connectivity index (χ4v) is 4.45. The molecule has 0 aliphatic carbocycles. The van der Waals surface area contributed by atoms with Crippen LogP contribution in [0.4, 0.5) is 10.6 Å². The van der Waals surface area contributed by atoms with Crippen molar-refractivity contribution in [1.29, 1.82) is 0 Å². The lowest BCUT2D eigenvalue weighted by Gasteiger charge is -2.11. The van der Waals surface area contributed by atoms with E-state index in [1.807, 2.05) is 13.0 Å². The number of aryl methyl sites for hydroxylation is 2. The number of rotatable bonds is 9. The molecule has 0 unspecified atom stereocenters. The van der Waals surface area contributed by atoms with Crippen LogP contribution in [0.25, 0.3) is 33.2 Å². The summed E-state index contributed by atoms with van der Waals surface area (Å²) >= 11 is 1.25. The topological polar surface area (TPSA) is 157 Å². The minimum Gasteiger partial charge on any atom is -0.421 e. The largest absolute Gasteiger partial charge is 0.421 e. The summed E-state index contributed by atoms with van der Waals surface area (Å²) < 4.78 is 10.6. The number of urea groups is 1. The monoisotopic (exact) mass is 522 g/mol. The number of hydrogen-bond donors (Lipinski definition) is 3. The van der Waals surface area contributed by atoms with E-state index in [1.54, 1.807) is 45.6 Å². The molecule has 0 bridgehead atoms. The van der Waals surface area contributed by atoms with Gasteiger partial charge in [-0.15, -0.1) is 21.5 Å². The molecule has 0 saturated heterocycles. The van der Waals surface area contributed by atoms with Gasteiger partial charge < -0.3 is 19.8 Å². The number of nitrogens with one attached hydrogen (secondary N) is 3. The number of thiazole rings is 1. The standard InChI is InChI=1S/C24H26N8O4S/c1-5-26-24(34)30-19-9-17(23-29-13(2)20(37-23)21(33)27-6-7-35-4)18(12-28-19)15-8-16(11-25-10-15)22-32-31-14(3)36-22/h8-12H,5-7H2,1-4H3,(H,27,33)(H2,26,28,30,34). The smallest absolute Gasteiger partial charge is 0.320 e. The van der Waals surface area contributed by atoms with Gasteiger partial charge in [0, 0.05) is 62.4 Å². The molecule has 0 radical (unpaired) electrons. The van der Waals surface area contributed by atoms with Crippen LogP contribution in [0.2, 0.25) is 0 Å². The van der Waals surface area contributed by atoms with Crippen molar-refractivity contribution in [2.75, 3.05) is 32.1 Å². The summed E-state index contributed by atoms with van der Waals surface area (Å²) in [4.78, 5) is 38.8. The Kier molecular flexibility index (Phi) is 8.15. The van der Waals surface area contributed by atoms with Crippen LogP contribution in [-0.2, 0) is 4.74 Å². The third-order valence-corrected chi connectivity index (χ3v) is 6.32. The second kappa shape index (κ2) is 11.7. The second-order valence-corrected chi connectivity index (χ2v) is 8.87. The SMILES string of the molecule is CCNC(=O)Nc1cc(-c2nc(C)c(C(=O)NCCOC)s2)c(-c2cncc(-c3nnc(C)o3)c2)cn1. The third kappa shape index (κ3) is 6.13. The Morgan fingerprint density at radius 3 is 2.59 bits per heavy atom. The molecule has 0 fully saturated rings. The molecule has 13 heteroatoms. The van der Waals surface area contributed by atoms with Gasteiger partial charge in [-0.25, -0.2) is 14.8 Å². The number of hydrogen-bond acceptors (Lipinski definition) is 10. The maximum Gasteiger partial charge on any atom is 0.320 e. The van der Waals surface area contributed by atoms with E-state index < -0.39 is 0 Å². The van der Waals surface area contributed by atoms with Crippen molar-refractivity contribution in [2.45, 2.75) is 20.8 Å². The van der Waals surface area contributed by atoms with Gasteiger partial charge in [0.1, 0.15) is 15.7 Å². The Balaban J connectivity index is 1.77. The summed E-state index contributed by atoms with van der Waals surface area (Å²) in [6, 6.07) is 3.20. The normalized spacial score (nSPS) is 10.8. The van der Waals surface area contributed by atoms with Crippen LogP contribution in [0.15, 0.2) is 35.1 Å². The van der Waals surface area contributed by atoms with Crippen LogP contribution in [0, 0.1) is 13.8 Å². The summed E-state index contributed by atoms with van der Waals surface area (Å²) in [5.41, 5.74) is 3.32. The van der Waals surface area contributed by atoms with E-state index in [0.717, 1.165) is 5.56 Å². The summed E-state index contributed by atoms with van der Waals surface area (Å²) in [6.45, 7) is 6.57. The van der Waals surface area contributed by atoms with E-state index in [0.29, 0.717) is 69.6 Å². The lowest BCUT2D eigenvalue weighted by atomic mass is 10.0. The number of carbonyl (C=O) groups excluding carboxylic acids is 2. The maximum absolute atomic E-state index is 12.7. The van der Waals surface area contributed by atoms with Gasteiger partial charge in [0.25, 0.3) is 5.91 Å². The molecule has 37 heavy (non-hydrogen) atoms. The summed E-state index contributed by atoms with van der Waals surface area (Å²) in [5.74, 6) is 0.888. The molecule has 12 nitrogen and oxygen atoms in total. The van der Waals surface area contributed by atoms with Gasteiger partial charge in [-0.05, 0) is 26.0 Å². The van der Waals surface area contributed by atoms with E-state index in [1.165, 1.54) is 11.3 Å². The van der Waals surface area contributed by atoms with Crippen molar-refractivity contribution in [3.8, 4) is 33.2 Å². The van der Waals surface area contributed by atoms with E-state index >= 15 is 0 Å². The van der Waals surface area contributed by atoms with Crippen molar-refractivity contribution in [3.05, 3.63) is 47.2 Å². The Morgan fingerprint density at radius 2 is 1.86 bits per heavy atom. The molecule has 4 heterocycles. The molecule has 3 amide bonds. The highest BCUT2D eigenvalue weighted by molar-refractivity contribution is 7.17. The van der Waals surface area contributed by atoms with Gasteiger partial charge in [0.15, 0.2) is 0 Å². The number of ether oxygens (including phenoxy) is 1. The quantitative estimate of drug-likeness (QED) is 0.280. The number of nitrogens with zero attached hydrogens (tertiary/aromatic N) is 5. The first-order valence-corrected chi connectivity index (χ1v) is 12.3.